The van der Waals surface area contributed by atoms with Crippen molar-refractivity contribution in [3.8, 4) is 0 Å². The van der Waals surface area contributed by atoms with E-state index in [4.69, 9.17) is 0 Å². The monoisotopic (exact) mass is 167 g/mol. The highest BCUT2D eigenvalue weighted by Gasteiger charge is 2.21. The number of nitrogens with one attached hydrogen (secondary N) is 2. The van der Waals surface area contributed by atoms with Gasteiger partial charge >= 0.3 is 0 Å². The molecule has 0 bridgehead atoms. The summed E-state index contributed by atoms with van der Waals surface area (Å²) in [5.74, 6) is 0. The minimum Gasteiger partial charge on any atom is -0.307 e. The van der Waals surface area contributed by atoms with Gasteiger partial charge in [-0.2, -0.15) is 0 Å². The lowest BCUT2D eigenvalue weighted by molar-refractivity contribution is 0.157. The average Bonchev–Trinajstić information content (AvgIpc) is 2.54. The zero-order valence-corrected chi connectivity index (χ0v) is 7.64. The van der Waals surface area contributed by atoms with Gasteiger partial charge in [0.1, 0.15) is 0 Å². The van der Waals surface area contributed by atoms with Gasteiger partial charge in [-0.25, -0.2) is 0 Å². The Kier molecular flexibility index (Phi) is 2.21. The van der Waals surface area contributed by atoms with Crippen LogP contribution in [0.15, 0.2) is 11.9 Å². The molecule has 1 fully saturated rings. The molecule has 3 nitrogen and oxygen atoms in total. The Morgan fingerprint density at radius 1 is 1.33 bits per heavy atom. The predicted octanol–water partition coefficient (Wildman–Crippen LogP) is 1.51. The molecule has 0 radical (unpaired) electrons. The summed E-state index contributed by atoms with van der Waals surface area (Å²) >= 11 is 0. The van der Waals surface area contributed by atoms with Crippen molar-refractivity contribution in [3.63, 3.8) is 0 Å². The fraction of sp³-hybridized carbons (Fsp3) is 0.778. The molecule has 12 heavy (non-hydrogen) atoms. The van der Waals surface area contributed by atoms with Gasteiger partial charge in [-0.05, 0) is 19.8 Å². The van der Waals surface area contributed by atoms with Crippen LogP contribution >= 0.6 is 0 Å². The molecule has 68 valence electrons. The molecule has 0 saturated heterocycles. The largest absolute Gasteiger partial charge is 0.307 e. The van der Waals surface area contributed by atoms with Crippen molar-refractivity contribution >= 4 is 0 Å². The molecular formula is C9H17N3. The maximum atomic E-state index is 3.17. The molecule has 0 unspecified atom stereocenters. The lowest BCUT2D eigenvalue weighted by Gasteiger charge is -2.30. The van der Waals surface area contributed by atoms with Crippen LogP contribution in [-0.4, -0.2) is 11.1 Å². The third-order valence-corrected chi connectivity index (χ3v) is 2.68. The van der Waals surface area contributed by atoms with Gasteiger partial charge in [0.2, 0.25) is 0 Å². The Bertz CT molecular complexity index is 182. The summed E-state index contributed by atoms with van der Waals surface area (Å²) < 4.78 is 0. The van der Waals surface area contributed by atoms with Crippen LogP contribution in [-0.2, 0) is 0 Å². The van der Waals surface area contributed by atoms with Gasteiger partial charge in [-0.1, -0.05) is 19.3 Å². The fourth-order valence-electron chi connectivity index (χ4n) is 1.98. The molecule has 0 spiro atoms. The minimum absolute atomic E-state index is 0.712. The highest BCUT2D eigenvalue weighted by Crippen LogP contribution is 2.22. The molecule has 0 atom stereocenters. The normalized spacial score (nSPS) is 25.4. The van der Waals surface area contributed by atoms with Gasteiger partial charge in [0, 0.05) is 17.9 Å². The molecule has 2 N–H and O–H groups in total. The number of allylic oxidation sites excluding steroid dienone is 1. The predicted molar refractivity (Wildman–Crippen MR) is 48.7 cm³/mol. The molecule has 1 aliphatic heterocycles. The van der Waals surface area contributed by atoms with Gasteiger partial charge in [0.15, 0.2) is 0 Å². The summed E-state index contributed by atoms with van der Waals surface area (Å²) in [6.07, 6.45) is 9.01. The van der Waals surface area contributed by atoms with E-state index in [0.717, 1.165) is 0 Å². The van der Waals surface area contributed by atoms with Crippen LogP contribution in [0.2, 0.25) is 0 Å². The number of rotatable bonds is 1. The topological polar surface area (TPSA) is 27.3 Å². The molecule has 1 saturated carbocycles. The van der Waals surface area contributed by atoms with Crippen LogP contribution < -0.4 is 11.0 Å². The fourth-order valence-corrected chi connectivity index (χ4v) is 1.98. The van der Waals surface area contributed by atoms with Crippen LogP contribution in [0.4, 0.5) is 0 Å². The third kappa shape index (κ3) is 1.55. The van der Waals surface area contributed by atoms with E-state index in [2.05, 4.69) is 29.1 Å². The van der Waals surface area contributed by atoms with Gasteiger partial charge in [0.25, 0.3) is 0 Å². The number of hydrazine groups is 2. The van der Waals surface area contributed by atoms with Gasteiger partial charge in [0.05, 0.1) is 0 Å². The Labute approximate surface area is 73.8 Å². The molecule has 2 aliphatic rings. The second-order valence-corrected chi connectivity index (χ2v) is 3.75. The number of nitrogens with zero attached hydrogens (tertiary/aromatic N) is 1. The first kappa shape index (κ1) is 7.92. The first-order valence-corrected chi connectivity index (χ1v) is 4.85. The van der Waals surface area contributed by atoms with Crippen molar-refractivity contribution in [1.29, 1.82) is 0 Å². The van der Waals surface area contributed by atoms with Crippen LogP contribution in [0.25, 0.3) is 0 Å². The first-order valence-electron chi connectivity index (χ1n) is 4.85. The summed E-state index contributed by atoms with van der Waals surface area (Å²) in [5, 5.41) is 2.22. The SMILES string of the molecule is CC1=CN(C2CCCCC2)NN1. The molecule has 3 heteroatoms. The Hall–Kier alpha value is -0.700. The molecule has 1 heterocycles. The lowest BCUT2D eigenvalue weighted by atomic mass is 9.95. The van der Waals surface area contributed by atoms with E-state index in [1.165, 1.54) is 37.8 Å². The van der Waals surface area contributed by atoms with Crippen molar-refractivity contribution in [2.24, 2.45) is 0 Å². The third-order valence-electron chi connectivity index (χ3n) is 2.68. The van der Waals surface area contributed by atoms with Crippen LogP contribution in [0.5, 0.6) is 0 Å². The standard InChI is InChI=1S/C9H17N3/c1-8-7-12(11-10-8)9-5-3-2-4-6-9/h7,9-11H,2-6H2,1H3. The van der Waals surface area contributed by atoms with Crippen molar-refractivity contribution in [3.05, 3.63) is 11.9 Å². The summed E-state index contributed by atoms with van der Waals surface area (Å²) in [5.41, 5.74) is 7.48. The second kappa shape index (κ2) is 3.35. The highest BCUT2D eigenvalue weighted by atomic mass is 15.7. The van der Waals surface area contributed by atoms with Gasteiger partial charge < -0.3 is 5.43 Å². The van der Waals surface area contributed by atoms with Crippen molar-refractivity contribution < 1.29 is 0 Å². The first-order chi connectivity index (χ1) is 5.86. The van der Waals surface area contributed by atoms with E-state index < -0.39 is 0 Å². The Morgan fingerprint density at radius 3 is 2.67 bits per heavy atom. The van der Waals surface area contributed by atoms with Crippen molar-refractivity contribution in [2.45, 2.75) is 45.1 Å². The smallest absolute Gasteiger partial charge is 0.0466 e. The molecule has 0 aromatic carbocycles. The summed E-state index contributed by atoms with van der Waals surface area (Å²) in [6.45, 7) is 2.08. The van der Waals surface area contributed by atoms with Crippen LogP contribution in [0.1, 0.15) is 39.0 Å². The summed E-state index contributed by atoms with van der Waals surface area (Å²) in [4.78, 5) is 0. The second-order valence-electron chi connectivity index (χ2n) is 3.75. The number of hydrogen-bond donors (Lipinski definition) is 2. The minimum atomic E-state index is 0.712. The average molecular weight is 167 g/mol. The quantitative estimate of drug-likeness (QED) is 0.620. The lowest BCUT2D eigenvalue weighted by Crippen LogP contribution is -2.43. The van der Waals surface area contributed by atoms with E-state index in [1.54, 1.807) is 0 Å². The summed E-state index contributed by atoms with van der Waals surface area (Å²) in [6, 6.07) is 0.712. The highest BCUT2D eigenvalue weighted by molar-refractivity contribution is 4.99. The maximum Gasteiger partial charge on any atom is 0.0466 e. The van der Waals surface area contributed by atoms with Crippen molar-refractivity contribution in [2.75, 3.05) is 0 Å². The van der Waals surface area contributed by atoms with E-state index in [9.17, 15) is 0 Å². The molecular weight excluding hydrogens is 150 g/mol. The van der Waals surface area contributed by atoms with Gasteiger partial charge in [-0.3, -0.25) is 5.01 Å². The number of hydrogen-bond acceptors (Lipinski definition) is 3. The maximum absolute atomic E-state index is 3.17. The zero-order chi connectivity index (χ0) is 8.39. The Balaban J connectivity index is 1.91. The van der Waals surface area contributed by atoms with Crippen molar-refractivity contribution in [1.82, 2.24) is 16.0 Å². The van der Waals surface area contributed by atoms with E-state index >= 15 is 0 Å². The van der Waals surface area contributed by atoms with E-state index in [1.807, 2.05) is 0 Å². The van der Waals surface area contributed by atoms with E-state index in [-0.39, 0.29) is 0 Å². The van der Waals surface area contributed by atoms with Gasteiger partial charge in [-0.15, -0.1) is 5.53 Å². The Morgan fingerprint density at radius 2 is 2.08 bits per heavy atom. The zero-order valence-electron chi connectivity index (χ0n) is 7.64. The molecule has 1 aliphatic carbocycles. The molecule has 2 rings (SSSR count). The summed E-state index contributed by atoms with van der Waals surface area (Å²) in [7, 11) is 0. The van der Waals surface area contributed by atoms with Crippen LogP contribution in [0.3, 0.4) is 0 Å². The van der Waals surface area contributed by atoms with E-state index in [0.29, 0.717) is 6.04 Å². The molecule has 0 amide bonds. The van der Waals surface area contributed by atoms with Crippen LogP contribution in [0, 0.1) is 0 Å². The molecule has 0 aromatic rings. The molecule has 0 aromatic heterocycles.